The number of benzene rings is 2. The van der Waals surface area contributed by atoms with Crippen LogP contribution in [0.25, 0.3) is 10.9 Å². The van der Waals surface area contributed by atoms with E-state index in [2.05, 4.69) is 32.3 Å². The second kappa shape index (κ2) is 6.24. The Morgan fingerprint density at radius 2 is 2.00 bits per heavy atom. The van der Waals surface area contributed by atoms with Crippen LogP contribution in [0.1, 0.15) is 5.56 Å². The lowest BCUT2D eigenvalue weighted by Gasteiger charge is -2.11. The van der Waals surface area contributed by atoms with Crippen LogP contribution in [0.15, 0.2) is 59.2 Å². The predicted octanol–water partition coefficient (Wildman–Crippen LogP) is 4.51. The van der Waals surface area contributed by atoms with E-state index in [4.69, 9.17) is 4.74 Å². The highest BCUT2D eigenvalue weighted by Gasteiger charge is 2.06. The first-order valence-corrected chi connectivity index (χ1v) is 7.51. The summed E-state index contributed by atoms with van der Waals surface area (Å²) in [5, 5.41) is 4.22. The van der Waals surface area contributed by atoms with Gasteiger partial charge < -0.3 is 10.1 Å². The highest BCUT2D eigenvalue weighted by Crippen LogP contribution is 2.29. The molecule has 4 heteroatoms. The molecule has 0 spiro atoms. The van der Waals surface area contributed by atoms with Crippen LogP contribution in [0, 0.1) is 0 Å². The smallest absolute Gasteiger partial charge is 0.146 e. The van der Waals surface area contributed by atoms with Crippen LogP contribution in [0.2, 0.25) is 0 Å². The fourth-order valence-electron chi connectivity index (χ4n) is 2.21. The maximum atomic E-state index is 6.00. The molecular formula is C17H15BrN2O. The van der Waals surface area contributed by atoms with Crippen molar-refractivity contribution in [2.45, 2.75) is 6.54 Å². The van der Waals surface area contributed by atoms with E-state index in [0.29, 0.717) is 0 Å². The largest absolute Gasteiger partial charge is 0.455 e. The molecule has 0 aliphatic rings. The molecule has 0 bridgehead atoms. The maximum absolute atomic E-state index is 6.00. The lowest BCUT2D eigenvalue weighted by molar-refractivity contribution is 0.473. The summed E-state index contributed by atoms with van der Waals surface area (Å²) in [6, 6.07) is 16.0. The molecule has 1 heterocycles. The van der Waals surface area contributed by atoms with Crippen molar-refractivity contribution in [3.8, 4) is 11.5 Å². The molecule has 106 valence electrons. The SMILES string of the molecule is CNCc1cc(Br)ccc1Oc1cnc2ccccc2c1. The van der Waals surface area contributed by atoms with Crippen molar-refractivity contribution < 1.29 is 4.74 Å². The van der Waals surface area contributed by atoms with Crippen molar-refractivity contribution in [1.29, 1.82) is 0 Å². The number of fused-ring (bicyclic) bond motifs is 1. The van der Waals surface area contributed by atoms with Gasteiger partial charge in [0.25, 0.3) is 0 Å². The summed E-state index contributed by atoms with van der Waals surface area (Å²) in [6.45, 7) is 0.746. The van der Waals surface area contributed by atoms with Gasteiger partial charge in [0.05, 0.1) is 11.7 Å². The molecule has 0 aliphatic heterocycles. The minimum absolute atomic E-state index is 0.744. The predicted molar refractivity (Wildman–Crippen MR) is 88.7 cm³/mol. The number of nitrogens with one attached hydrogen (secondary N) is 1. The van der Waals surface area contributed by atoms with Gasteiger partial charge in [-0.2, -0.15) is 0 Å². The van der Waals surface area contributed by atoms with E-state index in [1.54, 1.807) is 6.20 Å². The molecule has 21 heavy (non-hydrogen) atoms. The van der Waals surface area contributed by atoms with E-state index < -0.39 is 0 Å². The zero-order valence-corrected chi connectivity index (χ0v) is 13.2. The molecule has 0 saturated carbocycles. The standard InChI is InChI=1S/C17H15BrN2O/c1-19-10-13-8-14(18)6-7-17(13)21-15-9-12-4-2-3-5-16(12)20-11-15/h2-9,11,19H,10H2,1H3. The third-order valence-corrected chi connectivity index (χ3v) is 3.68. The van der Waals surface area contributed by atoms with Gasteiger partial charge >= 0.3 is 0 Å². The number of pyridine rings is 1. The van der Waals surface area contributed by atoms with Gasteiger partial charge in [0.15, 0.2) is 0 Å². The summed E-state index contributed by atoms with van der Waals surface area (Å²) in [4.78, 5) is 4.42. The maximum Gasteiger partial charge on any atom is 0.146 e. The van der Waals surface area contributed by atoms with Crippen molar-refractivity contribution in [3.05, 3.63) is 64.8 Å². The molecule has 0 fully saturated rings. The van der Waals surface area contributed by atoms with Crippen LogP contribution in [0.3, 0.4) is 0 Å². The van der Waals surface area contributed by atoms with Gasteiger partial charge in [0.2, 0.25) is 0 Å². The zero-order valence-electron chi connectivity index (χ0n) is 11.6. The van der Waals surface area contributed by atoms with Crippen molar-refractivity contribution in [2.24, 2.45) is 0 Å². The molecule has 3 aromatic rings. The highest BCUT2D eigenvalue weighted by molar-refractivity contribution is 9.10. The Kier molecular flexibility index (Phi) is 4.18. The molecule has 1 aromatic heterocycles. The minimum Gasteiger partial charge on any atom is -0.455 e. The van der Waals surface area contributed by atoms with Crippen LogP contribution in [-0.4, -0.2) is 12.0 Å². The Hall–Kier alpha value is -1.91. The van der Waals surface area contributed by atoms with Gasteiger partial charge in [-0.05, 0) is 37.4 Å². The fraction of sp³-hybridized carbons (Fsp3) is 0.118. The van der Waals surface area contributed by atoms with Gasteiger partial charge in [-0.3, -0.25) is 4.98 Å². The van der Waals surface area contributed by atoms with Crippen LogP contribution in [-0.2, 0) is 6.54 Å². The van der Waals surface area contributed by atoms with Crippen LogP contribution >= 0.6 is 15.9 Å². The second-order valence-corrected chi connectivity index (χ2v) is 5.66. The highest BCUT2D eigenvalue weighted by atomic mass is 79.9. The van der Waals surface area contributed by atoms with Gasteiger partial charge in [-0.25, -0.2) is 0 Å². The Labute approximate surface area is 132 Å². The molecule has 0 aliphatic carbocycles. The molecule has 0 amide bonds. The average Bonchev–Trinajstić information content (AvgIpc) is 2.50. The van der Waals surface area contributed by atoms with Gasteiger partial charge in [-0.1, -0.05) is 34.1 Å². The summed E-state index contributed by atoms with van der Waals surface area (Å²) < 4.78 is 7.04. The zero-order chi connectivity index (χ0) is 14.7. The molecule has 2 aromatic carbocycles. The molecule has 3 nitrogen and oxygen atoms in total. The minimum atomic E-state index is 0.744. The molecule has 3 rings (SSSR count). The Morgan fingerprint density at radius 3 is 2.86 bits per heavy atom. The van der Waals surface area contributed by atoms with E-state index in [9.17, 15) is 0 Å². The fourth-order valence-corrected chi connectivity index (χ4v) is 2.62. The van der Waals surface area contributed by atoms with Crippen LogP contribution < -0.4 is 10.1 Å². The summed E-state index contributed by atoms with van der Waals surface area (Å²) >= 11 is 3.49. The summed E-state index contributed by atoms with van der Waals surface area (Å²) in [5.74, 6) is 1.58. The van der Waals surface area contributed by atoms with E-state index in [-0.39, 0.29) is 0 Å². The third kappa shape index (κ3) is 3.23. The Bertz CT molecular complexity index is 774. The average molecular weight is 343 g/mol. The van der Waals surface area contributed by atoms with E-state index in [1.807, 2.05) is 49.5 Å². The van der Waals surface area contributed by atoms with Crippen LogP contribution in [0.5, 0.6) is 11.5 Å². The number of halogens is 1. The van der Waals surface area contributed by atoms with E-state index in [0.717, 1.165) is 39.0 Å². The topological polar surface area (TPSA) is 34.1 Å². The van der Waals surface area contributed by atoms with Gasteiger partial charge in [0, 0.05) is 22.0 Å². The number of para-hydroxylation sites is 1. The number of hydrogen-bond donors (Lipinski definition) is 1. The Morgan fingerprint density at radius 1 is 1.14 bits per heavy atom. The summed E-state index contributed by atoms with van der Waals surface area (Å²) in [5.41, 5.74) is 2.07. The van der Waals surface area contributed by atoms with Crippen molar-refractivity contribution >= 4 is 26.8 Å². The number of nitrogens with zero attached hydrogens (tertiary/aromatic N) is 1. The second-order valence-electron chi connectivity index (χ2n) is 4.75. The van der Waals surface area contributed by atoms with Gasteiger partial charge in [-0.15, -0.1) is 0 Å². The summed E-state index contributed by atoms with van der Waals surface area (Å²) in [7, 11) is 1.92. The first kappa shape index (κ1) is 14.0. The number of rotatable bonds is 4. The number of aromatic nitrogens is 1. The third-order valence-electron chi connectivity index (χ3n) is 3.18. The lowest BCUT2D eigenvalue weighted by atomic mass is 10.2. The van der Waals surface area contributed by atoms with E-state index in [1.165, 1.54) is 0 Å². The van der Waals surface area contributed by atoms with Crippen molar-refractivity contribution in [3.63, 3.8) is 0 Å². The number of hydrogen-bond acceptors (Lipinski definition) is 3. The van der Waals surface area contributed by atoms with Gasteiger partial charge in [0.1, 0.15) is 11.5 Å². The summed E-state index contributed by atoms with van der Waals surface area (Å²) in [6.07, 6.45) is 1.76. The normalized spacial score (nSPS) is 10.8. The lowest BCUT2D eigenvalue weighted by Crippen LogP contribution is -2.06. The first-order chi connectivity index (χ1) is 10.3. The molecule has 1 N–H and O–H groups in total. The quantitative estimate of drug-likeness (QED) is 0.757. The van der Waals surface area contributed by atoms with Crippen molar-refractivity contribution in [1.82, 2.24) is 10.3 Å². The molecule has 0 unspecified atom stereocenters. The van der Waals surface area contributed by atoms with E-state index >= 15 is 0 Å². The number of ether oxygens (including phenoxy) is 1. The molecule has 0 radical (unpaired) electrons. The van der Waals surface area contributed by atoms with Crippen molar-refractivity contribution in [2.75, 3.05) is 7.05 Å². The Balaban J connectivity index is 1.94. The molecule has 0 saturated heterocycles. The van der Waals surface area contributed by atoms with Crippen LogP contribution in [0.4, 0.5) is 0 Å². The monoisotopic (exact) mass is 342 g/mol. The molecule has 0 atom stereocenters. The first-order valence-electron chi connectivity index (χ1n) is 6.72. The molecular weight excluding hydrogens is 328 g/mol.